The van der Waals surface area contributed by atoms with Gasteiger partial charge < -0.3 is 0 Å². The summed E-state index contributed by atoms with van der Waals surface area (Å²) in [5.74, 6) is 0. The third-order valence-electron chi connectivity index (χ3n) is 1.96. The molecule has 0 fully saturated rings. The third kappa shape index (κ3) is 14.5. The first kappa shape index (κ1) is 15.1. The number of rotatable bonds is 7. The molecule has 0 N–H and O–H groups in total. The van der Waals surface area contributed by atoms with Gasteiger partial charge in [-0.1, -0.05) is 65.2 Å². The van der Waals surface area contributed by atoms with E-state index in [4.69, 9.17) is 0 Å². The molecule has 0 aliphatic heterocycles. The zero-order valence-corrected chi connectivity index (χ0v) is 11.8. The molecule has 0 saturated heterocycles. The van der Waals surface area contributed by atoms with E-state index in [1.807, 2.05) is 0 Å². The van der Waals surface area contributed by atoms with E-state index in [0.29, 0.717) is 0 Å². The summed E-state index contributed by atoms with van der Waals surface area (Å²) in [5, 5.41) is 0. The normalized spacial score (nSPS) is 9.27. The predicted molar refractivity (Wildman–Crippen MR) is 54.0 cm³/mol. The molecular weight excluding hydrogens is 159 g/mol. The van der Waals surface area contributed by atoms with Crippen LogP contribution in [0.3, 0.4) is 0 Å². The topological polar surface area (TPSA) is 0 Å². The van der Waals surface area contributed by atoms with Gasteiger partial charge in [0, 0.05) is 51.4 Å². The molecule has 0 aromatic heterocycles. The Morgan fingerprint density at radius 1 is 0.545 bits per heavy atom. The van der Waals surface area contributed by atoms with Gasteiger partial charge in [0.25, 0.3) is 0 Å². The van der Waals surface area contributed by atoms with Crippen molar-refractivity contribution in [3.8, 4) is 0 Å². The quantitative estimate of drug-likeness (QED) is 0.414. The smallest absolute Gasteiger partial charge is 0 e. The van der Waals surface area contributed by atoms with Crippen molar-refractivity contribution in [1.29, 1.82) is 0 Å². The minimum atomic E-state index is 0. The van der Waals surface area contributed by atoms with Crippen molar-refractivity contribution in [1.82, 2.24) is 0 Å². The summed E-state index contributed by atoms with van der Waals surface area (Å²) in [6, 6.07) is 0. The summed E-state index contributed by atoms with van der Waals surface area (Å²) in [6.07, 6.45) is 11.5. The van der Waals surface area contributed by atoms with Gasteiger partial charge in [0.1, 0.15) is 0 Å². The first-order valence-corrected chi connectivity index (χ1v) is 4.91. The summed E-state index contributed by atoms with van der Waals surface area (Å²) < 4.78 is 0. The Kier molecular flexibility index (Phi) is 19.5. The fraction of sp³-hybridized carbons (Fsp3) is 1.00. The molecular formula is C10H22K. The van der Waals surface area contributed by atoms with Crippen LogP contribution in [0.1, 0.15) is 65.2 Å². The molecule has 63 valence electrons. The average molecular weight is 181 g/mol. The molecule has 0 heterocycles. The van der Waals surface area contributed by atoms with E-state index >= 15 is 0 Å². The largest absolute Gasteiger partial charge is 0.0654 e. The molecule has 0 bridgehead atoms. The maximum atomic E-state index is 2.27. The van der Waals surface area contributed by atoms with Crippen molar-refractivity contribution in [2.24, 2.45) is 0 Å². The van der Waals surface area contributed by atoms with Gasteiger partial charge in [-0.05, 0) is 0 Å². The maximum Gasteiger partial charge on any atom is 0 e. The van der Waals surface area contributed by atoms with Crippen molar-refractivity contribution in [2.75, 3.05) is 0 Å². The third-order valence-corrected chi connectivity index (χ3v) is 1.96. The second kappa shape index (κ2) is 14.2. The summed E-state index contributed by atoms with van der Waals surface area (Å²) in [5.41, 5.74) is 0. The Balaban J connectivity index is 0. The molecule has 0 aromatic rings. The fourth-order valence-electron chi connectivity index (χ4n) is 1.21. The van der Waals surface area contributed by atoms with Gasteiger partial charge in [0.05, 0.1) is 0 Å². The molecule has 0 nitrogen and oxygen atoms in total. The van der Waals surface area contributed by atoms with Crippen LogP contribution in [0.5, 0.6) is 0 Å². The Morgan fingerprint density at radius 2 is 0.818 bits per heavy atom. The van der Waals surface area contributed by atoms with E-state index in [9.17, 15) is 0 Å². The SMILES string of the molecule is CCCCCCCCCC.[K]. The molecule has 0 saturated carbocycles. The van der Waals surface area contributed by atoms with Gasteiger partial charge in [-0.3, -0.25) is 0 Å². The van der Waals surface area contributed by atoms with E-state index in [-0.39, 0.29) is 51.4 Å². The minimum Gasteiger partial charge on any atom is -0.0654 e. The summed E-state index contributed by atoms with van der Waals surface area (Å²) >= 11 is 0. The molecule has 0 rings (SSSR count). The first-order valence-electron chi connectivity index (χ1n) is 4.91. The number of hydrogen-bond acceptors (Lipinski definition) is 0. The minimum absolute atomic E-state index is 0. The van der Waals surface area contributed by atoms with Crippen molar-refractivity contribution in [3.05, 3.63) is 0 Å². The Morgan fingerprint density at radius 3 is 1.09 bits per heavy atom. The predicted octanol–water partition coefficient (Wildman–Crippen LogP) is 3.77. The van der Waals surface area contributed by atoms with Crippen molar-refractivity contribution in [3.63, 3.8) is 0 Å². The molecule has 0 aliphatic rings. The van der Waals surface area contributed by atoms with Gasteiger partial charge in [0.2, 0.25) is 0 Å². The summed E-state index contributed by atoms with van der Waals surface area (Å²) in [4.78, 5) is 0. The van der Waals surface area contributed by atoms with E-state index < -0.39 is 0 Å². The second-order valence-electron chi connectivity index (χ2n) is 3.12. The van der Waals surface area contributed by atoms with Crippen LogP contribution in [0.4, 0.5) is 0 Å². The summed E-state index contributed by atoms with van der Waals surface area (Å²) in [7, 11) is 0. The van der Waals surface area contributed by atoms with Crippen LogP contribution in [0.2, 0.25) is 0 Å². The van der Waals surface area contributed by atoms with Crippen molar-refractivity contribution < 1.29 is 0 Å². The van der Waals surface area contributed by atoms with Gasteiger partial charge in [-0.25, -0.2) is 0 Å². The number of hydrogen-bond donors (Lipinski definition) is 0. The molecule has 0 aromatic carbocycles. The van der Waals surface area contributed by atoms with Crippen LogP contribution < -0.4 is 0 Å². The standard InChI is InChI=1S/C10H22.K/c1-3-5-7-9-10-8-6-4-2;/h3-10H2,1-2H3;. The molecule has 11 heavy (non-hydrogen) atoms. The Labute approximate surface area is 115 Å². The van der Waals surface area contributed by atoms with Crippen LogP contribution in [0.15, 0.2) is 0 Å². The molecule has 0 unspecified atom stereocenters. The molecule has 1 radical (unpaired) electrons. The van der Waals surface area contributed by atoms with E-state index in [2.05, 4.69) is 13.8 Å². The molecule has 1 heteroatoms. The van der Waals surface area contributed by atoms with Crippen LogP contribution in [0, 0.1) is 0 Å². The van der Waals surface area contributed by atoms with Crippen molar-refractivity contribution in [2.45, 2.75) is 65.2 Å². The van der Waals surface area contributed by atoms with Gasteiger partial charge in [-0.2, -0.15) is 0 Å². The number of unbranched alkanes of at least 4 members (excludes halogenated alkanes) is 7. The monoisotopic (exact) mass is 181 g/mol. The first-order chi connectivity index (χ1) is 4.91. The Bertz CT molecular complexity index is 44.8. The van der Waals surface area contributed by atoms with Crippen molar-refractivity contribution >= 4 is 51.4 Å². The fourth-order valence-corrected chi connectivity index (χ4v) is 1.21. The maximum absolute atomic E-state index is 2.27. The molecule has 0 atom stereocenters. The summed E-state index contributed by atoms with van der Waals surface area (Å²) in [6.45, 7) is 4.54. The van der Waals surface area contributed by atoms with Crippen LogP contribution in [0.25, 0.3) is 0 Å². The van der Waals surface area contributed by atoms with E-state index in [0.717, 1.165) is 0 Å². The van der Waals surface area contributed by atoms with Crippen LogP contribution >= 0.6 is 0 Å². The van der Waals surface area contributed by atoms with Gasteiger partial charge in [0.15, 0.2) is 0 Å². The molecule has 0 spiro atoms. The molecule has 0 amide bonds. The van der Waals surface area contributed by atoms with E-state index in [1.54, 1.807) is 0 Å². The second-order valence-corrected chi connectivity index (χ2v) is 3.12. The van der Waals surface area contributed by atoms with E-state index in [1.165, 1.54) is 51.4 Å². The Hall–Kier alpha value is 1.64. The van der Waals surface area contributed by atoms with Crippen LogP contribution in [-0.4, -0.2) is 51.4 Å². The molecule has 0 aliphatic carbocycles. The zero-order valence-electron chi connectivity index (χ0n) is 8.66. The zero-order chi connectivity index (χ0) is 7.66. The van der Waals surface area contributed by atoms with Gasteiger partial charge >= 0.3 is 0 Å². The van der Waals surface area contributed by atoms with Crippen LogP contribution in [-0.2, 0) is 0 Å². The van der Waals surface area contributed by atoms with Gasteiger partial charge in [-0.15, -0.1) is 0 Å². The average Bonchev–Trinajstić information content (AvgIpc) is 1.97.